The Morgan fingerprint density at radius 3 is 2.33 bits per heavy atom. The first kappa shape index (κ1) is 15.7. The highest BCUT2D eigenvalue weighted by molar-refractivity contribution is 5.72. The van der Waals surface area contributed by atoms with Gasteiger partial charge in [-0.25, -0.2) is 18.6 Å². The Labute approximate surface area is 109 Å². The van der Waals surface area contributed by atoms with Gasteiger partial charge in [-0.1, -0.05) is 0 Å². The van der Waals surface area contributed by atoms with Gasteiger partial charge < -0.3 is 4.74 Å². The van der Waals surface area contributed by atoms with E-state index in [0.717, 1.165) is 12.8 Å². The number of nitrogens with zero attached hydrogens (tertiary/aromatic N) is 1. The lowest BCUT2D eigenvalue weighted by Gasteiger charge is -2.34. The zero-order valence-electron chi connectivity index (χ0n) is 11.0. The van der Waals surface area contributed by atoms with Gasteiger partial charge in [0.1, 0.15) is 12.6 Å². The van der Waals surface area contributed by atoms with Gasteiger partial charge in [-0.3, -0.25) is 0 Å². The third-order valence-electron chi connectivity index (χ3n) is 3.18. The summed E-state index contributed by atoms with van der Waals surface area (Å²) in [4.78, 5) is 0. The average Bonchev–Trinajstić information content (AvgIpc) is 2.13. The molecule has 0 radical (unpaired) electrons. The van der Waals surface area contributed by atoms with E-state index in [-0.39, 0.29) is 0 Å². The highest BCUT2D eigenvalue weighted by Gasteiger charge is 2.42. The van der Waals surface area contributed by atoms with Crippen molar-refractivity contribution < 1.29 is 38.2 Å². The van der Waals surface area contributed by atoms with Crippen LogP contribution in [0.4, 0.5) is 0 Å². The molecule has 7 heteroatoms. The molecule has 0 bridgehead atoms. The minimum absolute atomic E-state index is 0.313. The van der Waals surface area contributed by atoms with Crippen LogP contribution in [0.25, 0.3) is 0 Å². The Kier molecular flexibility index (Phi) is 4.97. The summed E-state index contributed by atoms with van der Waals surface area (Å²) >= 11 is 0. The average molecular weight is 282 g/mol. The van der Waals surface area contributed by atoms with Crippen LogP contribution < -0.4 is 18.6 Å². The van der Waals surface area contributed by atoms with Gasteiger partial charge in [-0.15, -0.1) is 10.2 Å². The minimum atomic E-state index is -4.94. The highest BCUT2D eigenvalue weighted by Crippen LogP contribution is 2.27. The minimum Gasteiger partial charge on any atom is -0.445 e. The number of rotatable bonds is 0. The SMILES string of the molecule is CC1CC(C)(C)[N+]2=C(CCCC2)O1.[O-][Cl+3]([O-])([O-])[O-]. The Morgan fingerprint density at radius 1 is 1.22 bits per heavy atom. The van der Waals surface area contributed by atoms with E-state index in [9.17, 15) is 0 Å². The van der Waals surface area contributed by atoms with Crippen molar-refractivity contribution in [2.24, 2.45) is 0 Å². The molecular formula is C11H20ClNO5. The molecular weight excluding hydrogens is 262 g/mol. The molecule has 6 nitrogen and oxygen atoms in total. The third-order valence-corrected chi connectivity index (χ3v) is 3.18. The lowest BCUT2D eigenvalue weighted by Crippen LogP contribution is -2.68. The lowest BCUT2D eigenvalue weighted by molar-refractivity contribution is -2.00. The molecule has 0 aromatic heterocycles. The van der Waals surface area contributed by atoms with E-state index in [0.29, 0.717) is 11.6 Å². The first-order valence-corrected chi connectivity index (χ1v) is 7.25. The maximum absolute atomic E-state index is 8.49. The summed E-state index contributed by atoms with van der Waals surface area (Å²) in [6.07, 6.45) is 5.32. The highest BCUT2D eigenvalue weighted by atomic mass is 35.7. The van der Waals surface area contributed by atoms with Crippen LogP contribution in [0.5, 0.6) is 0 Å². The second-order valence-electron chi connectivity index (χ2n) is 5.33. The van der Waals surface area contributed by atoms with Crippen LogP contribution in [0.15, 0.2) is 0 Å². The van der Waals surface area contributed by atoms with Crippen LogP contribution in [0.3, 0.4) is 0 Å². The summed E-state index contributed by atoms with van der Waals surface area (Å²) in [5.41, 5.74) is 0.313. The van der Waals surface area contributed by atoms with Crippen LogP contribution in [0.2, 0.25) is 0 Å². The molecule has 2 heterocycles. The van der Waals surface area contributed by atoms with Crippen LogP contribution >= 0.6 is 0 Å². The van der Waals surface area contributed by atoms with Crippen LogP contribution in [0, 0.1) is 10.2 Å². The standard InChI is InChI=1S/C11H20NO.ClHO4/c1-9-8-11(2,3)12-7-5-4-6-10(12)13-9;2-1(3,4)5/h9H,4-8H2,1-3H3;(H,2,3,4,5)/q+1;/p-1. The number of hydrogen-bond acceptors (Lipinski definition) is 5. The molecule has 0 spiro atoms. The molecule has 1 atom stereocenters. The van der Waals surface area contributed by atoms with Crippen molar-refractivity contribution in [3.8, 4) is 0 Å². The van der Waals surface area contributed by atoms with Gasteiger partial charge in [-0.2, -0.15) is 4.58 Å². The van der Waals surface area contributed by atoms with Gasteiger partial charge in [-0.05, 0) is 13.3 Å². The van der Waals surface area contributed by atoms with Gasteiger partial charge in [0.2, 0.25) is 0 Å². The molecule has 0 aromatic carbocycles. The summed E-state index contributed by atoms with van der Waals surface area (Å²) in [5.74, 6) is 1.25. The Bertz CT molecular complexity index is 318. The van der Waals surface area contributed by atoms with Gasteiger partial charge in [0.25, 0.3) is 0 Å². The molecule has 2 rings (SSSR count). The van der Waals surface area contributed by atoms with Crippen LogP contribution in [0.1, 0.15) is 46.5 Å². The second-order valence-corrected chi connectivity index (χ2v) is 6.08. The van der Waals surface area contributed by atoms with E-state index >= 15 is 0 Å². The molecule has 106 valence electrons. The normalized spacial score (nSPS) is 26.7. The van der Waals surface area contributed by atoms with Gasteiger partial charge in [0.15, 0.2) is 5.54 Å². The largest absolute Gasteiger partial charge is 0.445 e. The molecule has 0 fully saturated rings. The van der Waals surface area contributed by atoms with E-state index in [2.05, 4.69) is 25.3 Å². The quantitative estimate of drug-likeness (QED) is 0.453. The molecule has 0 saturated carbocycles. The lowest BCUT2D eigenvalue weighted by atomic mass is 9.93. The van der Waals surface area contributed by atoms with Crippen molar-refractivity contribution in [3.05, 3.63) is 0 Å². The summed E-state index contributed by atoms with van der Waals surface area (Å²) in [5, 5.41) is 0. The second kappa shape index (κ2) is 5.71. The van der Waals surface area contributed by atoms with Crippen molar-refractivity contribution in [3.63, 3.8) is 0 Å². The molecule has 2 aliphatic heterocycles. The Hall–Kier alpha value is -0.400. The molecule has 2 aliphatic rings. The number of hydrogen-bond donors (Lipinski definition) is 0. The zero-order chi connectivity index (χ0) is 14.0. The van der Waals surface area contributed by atoms with Crippen molar-refractivity contribution in [2.75, 3.05) is 6.54 Å². The summed E-state index contributed by atoms with van der Waals surface area (Å²) in [6.45, 7) is 8.03. The van der Waals surface area contributed by atoms with Crippen LogP contribution in [-0.4, -0.2) is 28.7 Å². The Morgan fingerprint density at radius 2 is 1.78 bits per heavy atom. The summed E-state index contributed by atoms with van der Waals surface area (Å²) < 4.78 is 42.3. The number of ether oxygens (including phenoxy) is 1. The van der Waals surface area contributed by atoms with Crippen molar-refractivity contribution in [1.29, 1.82) is 0 Å². The first-order valence-electron chi connectivity index (χ1n) is 6.01. The maximum atomic E-state index is 8.49. The monoisotopic (exact) mass is 281 g/mol. The topological polar surface area (TPSA) is 104 Å². The first-order chi connectivity index (χ1) is 8.09. The summed E-state index contributed by atoms with van der Waals surface area (Å²) in [7, 11) is -4.94. The van der Waals surface area contributed by atoms with Crippen molar-refractivity contribution in [1.82, 2.24) is 0 Å². The molecule has 0 N–H and O–H groups in total. The molecule has 0 saturated heterocycles. The molecule has 0 aromatic rings. The van der Waals surface area contributed by atoms with Gasteiger partial charge >= 0.3 is 5.90 Å². The van der Waals surface area contributed by atoms with Crippen molar-refractivity contribution in [2.45, 2.75) is 58.1 Å². The van der Waals surface area contributed by atoms with E-state index in [1.165, 1.54) is 25.3 Å². The maximum Gasteiger partial charge on any atom is 0.336 e. The number of halogens is 1. The summed E-state index contributed by atoms with van der Waals surface area (Å²) in [6, 6.07) is 0. The predicted octanol–water partition coefficient (Wildman–Crippen LogP) is -2.59. The smallest absolute Gasteiger partial charge is 0.336 e. The molecule has 18 heavy (non-hydrogen) atoms. The van der Waals surface area contributed by atoms with Gasteiger partial charge in [0, 0.05) is 26.7 Å². The Balaban J connectivity index is 0.000000280. The van der Waals surface area contributed by atoms with Crippen molar-refractivity contribution >= 4 is 5.90 Å². The third kappa shape index (κ3) is 5.07. The predicted molar refractivity (Wildman–Crippen MR) is 53.2 cm³/mol. The van der Waals surface area contributed by atoms with Gasteiger partial charge in [0.05, 0.1) is 6.42 Å². The van der Waals surface area contributed by atoms with E-state index in [1.54, 1.807) is 0 Å². The fourth-order valence-electron chi connectivity index (χ4n) is 2.66. The molecule has 1 unspecified atom stereocenters. The fraction of sp³-hybridized carbons (Fsp3) is 0.909. The molecule has 0 amide bonds. The van der Waals surface area contributed by atoms with E-state index < -0.39 is 10.2 Å². The fourth-order valence-corrected chi connectivity index (χ4v) is 2.66. The van der Waals surface area contributed by atoms with E-state index in [4.69, 9.17) is 23.4 Å². The van der Waals surface area contributed by atoms with Crippen LogP contribution in [-0.2, 0) is 4.74 Å². The molecule has 0 aliphatic carbocycles. The van der Waals surface area contributed by atoms with E-state index in [1.807, 2.05) is 0 Å². The zero-order valence-corrected chi connectivity index (χ0v) is 11.7.